The Hall–Kier alpha value is -2.51. The Bertz CT molecular complexity index is 589. The number of aliphatic carboxylic acids is 1. The van der Waals surface area contributed by atoms with E-state index in [0.29, 0.717) is 18.9 Å². The van der Waals surface area contributed by atoms with Crippen molar-refractivity contribution in [3.05, 3.63) is 39.7 Å². The normalized spacial score (nSPS) is 18.1. The van der Waals surface area contributed by atoms with Gasteiger partial charge < -0.3 is 10.0 Å². The van der Waals surface area contributed by atoms with Crippen molar-refractivity contribution in [2.75, 3.05) is 6.54 Å². The average Bonchev–Trinajstić information content (AvgIpc) is 2.87. The molecule has 1 atom stereocenters. The van der Waals surface area contributed by atoms with Gasteiger partial charge in [-0.05, 0) is 25.0 Å². The fraction of sp³-hybridized carbons (Fsp3) is 0.333. The van der Waals surface area contributed by atoms with E-state index in [4.69, 9.17) is 5.11 Å². The summed E-state index contributed by atoms with van der Waals surface area (Å²) in [6.45, 7) is 0.213. The molecule has 1 aliphatic heterocycles. The number of amides is 1. The summed E-state index contributed by atoms with van der Waals surface area (Å²) in [6, 6.07) is 1.60. The quantitative estimate of drug-likeness (QED) is 0.667. The predicted molar refractivity (Wildman–Crippen MR) is 64.7 cm³/mol. The van der Waals surface area contributed by atoms with Gasteiger partial charge in [0.2, 0.25) is 0 Å². The minimum atomic E-state index is -1.15. The second kappa shape index (κ2) is 5.24. The molecule has 20 heavy (non-hydrogen) atoms. The molecule has 7 nitrogen and oxygen atoms in total. The first-order valence-corrected chi connectivity index (χ1v) is 5.89. The van der Waals surface area contributed by atoms with Gasteiger partial charge in [0.25, 0.3) is 11.6 Å². The molecule has 0 radical (unpaired) electrons. The zero-order valence-electron chi connectivity index (χ0n) is 10.3. The van der Waals surface area contributed by atoms with Crippen LogP contribution in [0.2, 0.25) is 0 Å². The highest BCUT2D eigenvalue weighted by molar-refractivity contribution is 6.00. The molecule has 1 aromatic rings. The zero-order valence-corrected chi connectivity index (χ0v) is 10.3. The number of carboxylic acids is 1. The van der Waals surface area contributed by atoms with E-state index in [9.17, 15) is 24.1 Å². The Kier molecular flexibility index (Phi) is 3.64. The maximum Gasteiger partial charge on any atom is 0.326 e. The van der Waals surface area contributed by atoms with Crippen LogP contribution in [0.5, 0.6) is 0 Å². The topological polar surface area (TPSA) is 101 Å². The van der Waals surface area contributed by atoms with Crippen molar-refractivity contribution in [3.63, 3.8) is 0 Å². The number of carbonyl (C=O) groups is 2. The Labute approximate surface area is 112 Å². The fourth-order valence-corrected chi connectivity index (χ4v) is 2.26. The van der Waals surface area contributed by atoms with E-state index in [1.165, 1.54) is 0 Å². The van der Waals surface area contributed by atoms with Crippen LogP contribution >= 0.6 is 0 Å². The highest BCUT2D eigenvalue weighted by atomic mass is 19.1. The minimum absolute atomic E-state index is 0.213. The van der Waals surface area contributed by atoms with Crippen molar-refractivity contribution in [3.8, 4) is 0 Å². The Balaban J connectivity index is 2.38. The van der Waals surface area contributed by atoms with Crippen molar-refractivity contribution >= 4 is 17.6 Å². The second-order valence-electron chi connectivity index (χ2n) is 4.41. The molecule has 1 aromatic carbocycles. The van der Waals surface area contributed by atoms with E-state index in [2.05, 4.69) is 0 Å². The summed E-state index contributed by atoms with van der Waals surface area (Å²) in [5.41, 5.74) is -0.962. The number of nitro groups is 1. The molecular formula is C12H11FN2O5. The molecule has 1 aliphatic rings. The molecule has 0 saturated carbocycles. The Morgan fingerprint density at radius 3 is 2.75 bits per heavy atom. The second-order valence-corrected chi connectivity index (χ2v) is 4.41. The summed E-state index contributed by atoms with van der Waals surface area (Å²) in [6.07, 6.45) is 0.813. The molecule has 1 N–H and O–H groups in total. The van der Waals surface area contributed by atoms with Gasteiger partial charge in [0, 0.05) is 6.54 Å². The van der Waals surface area contributed by atoms with E-state index < -0.39 is 34.3 Å². The number of likely N-dealkylation sites (tertiary alicyclic amines) is 1. The first-order valence-electron chi connectivity index (χ1n) is 5.89. The molecular weight excluding hydrogens is 271 g/mol. The third-order valence-electron chi connectivity index (χ3n) is 3.19. The number of carboxylic acid groups (broad SMARTS) is 1. The molecule has 8 heteroatoms. The van der Waals surface area contributed by atoms with Crippen LogP contribution in [0.4, 0.5) is 10.1 Å². The van der Waals surface area contributed by atoms with Gasteiger partial charge in [-0.2, -0.15) is 0 Å². The van der Waals surface area contributed by atoms with E-state index in [-0.39, 0.29) is 12.1 Å². The van der Waals surface area contributed by atoms with Crippen molar-refractivity contribution in [2.24, 2.45) is 0 Å². The molecule has 0 spiro atoms. The summed E-state index contributed by atoms with van der Waals surface area (Å²) in [5, 5.41) is 19.9. The Morgan fingerprint density at radius 1 is 1.45 bits per heavy atom. The summed E-state index contributed by atoms with van der Waals surface area (Å²) in [4.78, 5) is 34.3. The van der Waals surface area contributed by atoms with Crippen LogP contribution in [0.25, 0.3) is 0 Å². The zero-order chi connectivity index (χ0) is 14.9. The molecule has 106 valence electrons. The van der Waals surface area contributed by atoms with Gasteiger partial charge in [0.05, 0.1) is 11.0 Å². The van der Waals surface area contributed by atoms with Gasteiger partial charge in [-0.15, -0.1) is 0 Å². The average molecular weight is 282 g/mol. The van der Waals surface area contributed by atoms with Crippen LogP contribution in [-0.2, 0) is 4.79 Å². The predicted octanol–water partition coefficient (Wildman–Crippen LogP) is 1.42. The number of carbonyl (C=O) groups excluding carboxylic acids is 1. The van der Waals surface area contributed by atoms with Crippen molar-refractivity contribution in [1.82, 2.24) is 4.90 Å². The number of nitrogens with zero attached hydrogens (tertiary/aromatic N) is 2. The highest BCUT2D eigenvalue weighted by Gasteiger charge is 2.36. The summed E-state index contributed by atoms with van der Waals surface area (Å²) >= 11 is 0. The van der Waals surface area contributed by atoms with Crippen molar-refractivity contribution in [1.29, 1.82) is 0 Å². The molecule has 1 heterocycles. The molecule has 1 amide bonds. The van der Waals surface area contributed by atoms with Crippen LogP contribution in [0.15, 0.2) is 18.2 Å². The number of halogens is 1. The lowest BCUT2D eigenvalue weighted by atomic mass is 10.1. The summed E-state index contributed by atoms with van der Waals surface area (Å²) in [5.74, 6) is -2.74. The number of benzene rings is 1. The van der Waals surface area contributed by atoms with Crippen LogP contribution < -0.4 is 0 Å². The number of hydrogen-bond acceptors (Lipinski definition) is 4. The third kappa shape index (κ3) is 2.44. The van der Waals surface area contributed by atoms with Crippen LogP contribution in [0, 0.1) is 15.9 Å². The maximum atomic E-state index is 13.0. The number of nitro benzene ring substituents is 1. The molecule has 0 aromatic heterocycles. The van der Waals surface area contributed by atoms with Gasteiger partial charge in [0.1, 0.15) is 17.4 Å². The van der Waals surface area contributed by atoms with Gasteiger partial charge in [-0.1, -0.05) is 0 Å². The first-order chi connectivity index (χ1) is 9.41. The van der Waals surface area contributed by atoms with E-state index in [0.717, 1.165) is 17.0 Å². The van der Waals surface area contributed by atoms with Gasteiger partial charge in [-0.25, -0.2) is 9.18 Å². The van der Waals surface area contributed by atoms with Crippen LogP contribution in [-0.4, -0.2) is 39.4 Å². The first kappa shape index (κ1) is 13.9. The lowest BCUT2D eigenvalue weighted by Gasteiger charge is -2.21. The van der Waals surface area contributed by atoms with Gasteiger partial charge >= 0.3 is 5.97 Å². The van der Waals surface area contributed by atoms with Crippen molar-refractivity contribution in [2.45, 2.75) is 18.9 Å². The standard InChI is InChI=1S/C12H11FN2O5/c13-7-3-4-8(10(6-7)15(19)20)11(16)14-5-1-2-9(14)12(17)18/h3-4,6,9H,1-2,5H2,(H,17,18)/t9-/m1/s1. The van der Waals surface area contributed by atoms with E-state index >= 15 is 0 Å². The Morgan fingerprint density at radius 2 is 2.15 bits per heavy atom. The third-order valence-corrected chi connectivity index (χ3v) is 3.19. The maximum absolute atomic E-state index is 13.0. The molecule has 0 aliphatic carbocycles. The smallest absolute Gasteiger partial charge is 0.326 e. The highest BCUT2D eigenvalue weighted by Crippen LogP contribution is 2.26. The molecule has 0 unspecified atom stereocenters. The monoisotopic (exact) mass is 282 g/mol. The molecule has 1 saturated heterocycles. The number of hydrogen-bond donors (Lipinski definition) is 1. The summed E-state index contributed by atoms with van der Waals surface area (Å²) < 4.78 is 13.0. The molecule has 0 bridgehead atoms. The fourth-order valence-electron chi connectivity index (χ4n) is 2.26. The van der Waals surface area contributed by atoms with E-state index in [1.54, 1.807) is 0 Å². The lowest BCUT2D eigenvalue weighted by molar-refractivity contribution is -0.385. The molecule has 1 fully saturated rings. The van der Waals surface area contributed by atoms with Crippen molar-refractivity contribution < 1.29 is 24.0 Å². The van der Waals surface area contributed by atoms with Crippen LogP contribution in [0.3, 0.4) is 0 Å². The largest absolute Gasteiger partial charge is 0.480 e. The SMILES string of the molecule is O=C(O)[C@H]1CCCN1C(=O)c1ccc(F)cc1[N+](=O)[O-]. The van der Waals surface area contributed by atoms with Gasteiger partial charge in [-0.3, -0.25) is 14.9 Å². The minimum Gasteiger partial charge on any atom is -0.480 e. The molecule has 2 rings (SSSR count). The summed E-state index contributed by atoms with van der Waals surface area (Å²) in [7, 11) is 0. The van der Waals surface area contributed by atoms with E-state index in [1.807, 2.05) is 0 Å². The van der Waals surface area contributed by atoms with Gasteiger partial charge in [0.15, 0.2) is 0 Å². The number of rotatable bonds is 3. The lowest BCUT2D eigenvalue weighted by Crippen LogP contribution is -2.40. The van der Waals surface area contributed by atoms with Crippen LogP contribution in [0.1, 0.15) is 23.2 Å².